The van der Waals surface area contributed by atoms with Crippen molar-refractivity contribution in [3.63, 3.8) is 0 Å². The van der Waals surface area contributed by atoms with Gasteiger partial charge < -0.3 is 14.5 Å². The van der Waals surface area contributed by atoms with Gasteiger partial charge in [0.1, 0.15) is 5.75 Å². The SMILES string of the molecule is C1=CC2=c3ccccc3=C3N(Oc4cccc(Oc5ccccn5)c4)C=CN3C2C=C1. The van der Waals surface area contributed by atoms with Crippen LogP contribution in [0.15, 0.2) is 110 Å². The van der Waals surface area contributed by atoms with Crippen molar-refractivity contribution < 1.29 is 9.57 Å². The van der Waals surface area contributed by atoms with Gasteiger partial charge in [0.15, 0.2) is 11.6 Å². The molecule has 1 aromatic heterocycles. The van der Waals surface area contributed by atoms with Gasteiger partial charge in [-0.2, -0.15) is 5.06 Å². The predicted molar refractivity (Wildman–Crippen MR) is 119 cm³/mol. The normalized spacial score (nSPS) is 18.0. The summed E-state index contributed by atoms with van der Waals surface area (Å²) in [5.74, 6) is 2.89. The highest BCUT2D eigenvalue weighted by Gasteiger charge is 2.33. The van der Waals surface area contributed by atoms with Crippen molar-refractivity contribution in [2.24, 2.45) is 0 Å². The smallest absolute Gasteiger partial charge is 0.219 e. The highest BCUT2D eigenvalue weighted by Crippen LogP contribution is 2.32. The monoisotopic (exact) mass is 405 g/mol. The van der Waals surface area contributed by atoms with E-state index >= 15 is 0 Å². The molecule has 0 radical (unpaired) electrons. The van der Waals surface area contributed by atoms with Crippen molar-refractivity contribution in [1.82, 2.24) is 14.9 Å². The summed E-state index contributed by atoms with van der Waals surface area (Å²) in [6.07, 6.45) is 14.3. The Morgan fingerprint density at radius 1 is 0.806 bits per heavy atom. The van der Waals surface area contributed by atoms with Gasteiger partial charge in [-0.25, -0.2) is 4.98 Å². The van der Waals surface area contributed by atoms with Crippen LogP contribution in [0.4, 0.5) is 0 Å². The van der Waals surface area contributed by atoms with Gasteiger partial charge in [0, 0.05) is 29.7 Å². The summed E-state index contributed by atoms with van der Waals surface area (Å²) >= 11 is 0. The molecule has 2 aromatic carbocycles. The molecule has 3 aromatic rings. The minimum Gasteiger partial charge on any atom is -0.439 e. The molecule has 0 bridgehead atoms. The molecule has 0 saturated heterocycles. The number of ether oxygens (including phenoxy) is 1. The van der Waals surface area contributed by atoms with Crippen molar-refractivity contribution >= 4 is 11.4 Å². The van der Waals surface area contributed by atoms with Gasteiger partial charge in [-0.05, 0) is 29.0 Å². The average Bonchev–Trinajstić information content (AvgIpc) is 3.24. The maximum atomic E-state index is 6.28. The molecule has 2 aliphatic heterocycles. The maximum Gasteiger partial charge on any atom is 0.219 e. The molecular weight excluding hydrogens is 386 g/mol. The molecule has 3 aliphatic rings. The fourth-order valence-electron chi connectivity index (χ4n) is 4.13. The number of allylic oxidation sites excluding steroid dienone is 2. The molecule has 1 atom stereocenters. The first kappa shape index (κ1) is 17.6. The second-order valence-corrected chi connectivity index (χ2v) is 7.38. The number of hydrogen-bond acceptors (Lipinski definition) is 5. The van der Waals surface area contributed by atoms with Crippen molar-refractivity contribution in [2.45, 2.75) is 6.04 Å². The minimum absolute atomic E-state index is 0.151. The first-order valence-electron chi connectivity index (χ1n) is 10.2. The molecule has 0 N–H and O–H groups in total. The van der Waals surface area contributed by atoms with Crippen LogP contribution >= 0.6 is 0 Å². The first-order chi connectivity index (χ1) is 15.4. The van der Waals surface area contributed by atoms with Crippen LogP contribution < -0.4 is 20.0 Å². The average molecular weight is 405 g/mol. The Labute approximate surface area is 179 Å². The van der Waals surface area contributed by atoms with E-state index in [1.165, 1.54) is 10.8 Å². The minimum atomic E-state index is 0.151. The van der Waals surface area contributed by atoms with Crippen LogP contribution in [0.2, 0.25) is 0 Å². The molecular formula is C26H19N3O2. The summed E-state index contributed by atoms with van der Waals surface area (Å²) in [7, 11) is 0. The summed E-state index contributed by atoms with van der Waals surface area (Å²) in [5.41, 5.74) is 1.29. The van der Waals surface area contributed by atoms with Crippen molar-refractivity contribution in [3.8, 4) is 17.4 Å². The Kier molecular flexibility index (Phi) is 4.10. The Bertz CT molecular complexity index is 1360. The van der Waals surface area contributed by atoms with Crippen LogP contribution in [0.25, 0.3) is 11.4 Å². The number of pyridine rings is 1. The maximum absolute atomic E-state index is 6.28. The van der Waals surface area contributed by atoms with Gasteiger partial charge in [0.25, 0.3) is 0 Å². The molecule has 3 heterocycles. The molecule has 0 amide bonds. The highest BCUT2D eigenvalue weighted by molar-refractivity contribution is 5.72. The van der Waals surface area contributed by atoms with Gasteiger partial charge in [-0.3, -0.25) is 0 Å². The molecule has 5 nitrogen and oxygen atoms in total. The molecule has 1 unspecified atom stereocenters. The Morgan fingerprint density at radius 3 is 2.58 bits per heavy atom. The quantitative estimate of drug-likeness (QED) is 0.662. The van der Waals surface area contributed by atoms with Crippen molar-refractivity contribution in [1.29, 1.82) is 0 Å². The summed E-state index contributed by atoms with van der Waals surface area (Å²) < 4.78 is 5.85. The second kappa shape index (κ2) is 7.22. The number of hydroxylamine groups is 2. The Morgan fingerprint density at radius 2 is 1.68 bits per heavy atom. The molecule has 6 rings (SSSR count). The van der Waals surface area contributed by atoms with Gasteiger partial charge in [-0.15, -0.1) is 0 Å². The van der Waals surface area contributed by atoms with Crippen LogP contribution in [0.3, 0.4) is 0 Å². The number of hydrogen-bond donors (Lipinski definition) is 0. The largest absolute Gasteiger partial charge is 0.439 e. The van der Waals surface area contributed by atoms with E-state index in [0.717, 1.165) is 11.0 Å². The summed E-state index contributed by atoms with van der Waals surface area (Å²) in [6.45, 7) is 0. The van der Waals surface area contributed by atoms with Crippen molar-refractivity contribution in [3.05, 3.63) is 120 Å². The van der Waals surface area contributed by atoms with E-state index in [4.69, 9.17) is 9.57 Å². The van der Waals surface area contributed by atoms with E-state index in [0.29, 0.717) is 17.4 Å². The lowest BCUT2D eigenvalue weighted by Crippen LogP contribution is -2.47. The lowest BCUT2D eigenvalue weighted by molar-refractivity contribution is 0.0501. The number of aromatic nitrogens is 1. The van der Waals surface area contributed by atoms with Gasteiger partial charge >= 0.3 is 0 Å². The lowest BCUT2D eigenvalue weighted by atomic mass is 9.94. The Hall–Kier alpha value is -4.25. The van der Waals surface area contributed by atoms with Crippen LogP contribution in [-0.4, -0.2) is 21.0 Å². The summed E-state index contributed by atoms with van der Waals surface area (Å²) in [6, 6.07) is 21.7. The number of rotatable bonds is 4. The zero-order chi connectivity index (χ0) is 20.6. The van der Waals surface area contributed by atoms with Gasteiger partial charge in [-0.1, -0.05) is 60.7 Å². The molecule has 0 spiro atoms. The van der Waals surface area contributed by atoms with E-state index < -0.39 is 0 Å². The summed E-state index contributed by atoms with van der Waals surface area (Å²) in [4.78, 5) is 12.7. The third-order valence-corrected chi connectivity index (χ3v) is 5.46. The van der Waals surface area contributed by atoms with Crippen LogP contribution in [0.5, 0.6) is 17.4 Å². The van der Waals surface area contributed by atoms with E-state index in [9.17, 15) is 0 Å². The van der Waals surface area contributed by atoms with E-state index in [1.54, 1.807) is 6.20 Å². The molecule has 0 fully saturated rings. The van der Waals surface area contributed by atoms with Crippen molar-refractivity contribution in [2.75, 3.05) is 0 Å². The van der Waals surface area contributed by atoms with Crippen LogP contribution in [-0.2, 0) is 0 Å². The molecule has 5 heteroatoms. The molecule has 0 saturated carbocycles. The highest BCUT2D eigenvalue weighted by atomic mass is 16.7. The lowest BCUT2D eigenvalue weighted by Gasteiger charge is -2.34. The fraction of sp³-hybridized carbons (Fsp3) is 0.0385. The zero-order valence-electron chi connectivity index (χ0n) is 16.6. The number of benzene rings is 2. The predicted octanol–water partition coefficient (Wildman–Crippen LogP) is 3.68. The molecule has 1 aliphatic carbocycles. The summed E-state index contributed by atoms with van der Waals surface area (Å²) in [5, 5.41) is 4.19. The van der Waals surface area contributed by atoms with E-state index in [1.807, 2.05) is 53.7 Å². The van der Waals surface area contributed by atoms with Gasteiger partial charge in [0.2, 0.25) is 5.88 Å². The van der Waals surface area contributed by atoms with Crippen LogP contribution in [0.1, 0.15) is 0 Å². The Balaban J connectivity index is 1.36. The molecule has 150 valence electrons. The second-order valence-electron chi connectivity index (χ2n) is 7.38. The first-order valence-corrected chi connectivity index (χ1v) is 10.2. The third-order valence-electron chi connectivity index (χ3n) is 5.46. The zero-order valence-corrected chi connectivity index (χ0v) is 16.6. The molecule has 31 heavy (non-hydrogen) atoms. The standard InChI is InChI=1S/C26H19N3O2/c1-2-12-23-21(10-1)22-11-3-4-13-24(22)28-16-17-29(26(23)28)31-20-9-7-8-19(18-20)30-25-14-5-6-15-27-25/h1-18,24H. The number of fused-ring (bicyclic) bond motifs is 4. The topological polar surface area (TPSA) is 37.8 Å². The van der Waals surface area contributed by atoms with E-state index in [-0.39, 0.29) is 6.04 Å². The fourth-order valence-corrected chi connectivity index (χ4v) is 4.13. The third kappa shape index (κ3) is 3.07. The van der Waals surface area contributed by atoms with E-state index in [2.05, 4.69) is 64.7 Å². The van der Waals surface area contributed by atoms with Gasteiger partial charge in [0.05, 0.1) is 12.2 Å². The van der Waals surface area contributed by atoms with Crippen LogP contribution in [0, 0.1) is 0 Å². The number of nitrogens with zero attached hydrogens (tertiary/aromatic N) is 3.